The molecule has 0 radical (unpaired) electrons. The van der Waals surface area contributed by atoms with Crippen LogP contribution in [0.1, 0.15) is 21.7 Å². The van der Waals surface area contributed by atoms with Crippen LogP contribution in [0.3, 0.4) is 0 Å². The Hall–Kier alpha value is -3.04. The van der Waals surface area contributed by atoms with Gasteiger partial charge < -0.3 is 9.73 Å². The fourth-order valence-corrected chi connectivity index (χ4v) is 3.13. The summed E-state index contributed by atoms with van der Waals surface area (Å²) >= 11 is 6.25. The minimum atomic E-state index is -0.150. The van der Waals surface area contributed by atoms with Crippen molar-refractivity contribution in [3.8, 4) is 0 Å². The molecule has 128 valence electrons. The number of rotatable bonds is 5. The molecule has 0 aliphatic heterocycles. The van der Waals surface area contributed by atoms with Gasteiger partial charge in [0.1, 0.15) is 5.58 Å². The lowest BCUT2D eigenvalue weighted by molar-refractivity contribution is 0.101. The zero-order valence-electron chi connectivity index (χ0n) is 13.9. The van der Waals surface area contributed by atoms with Gasteiger partial charge in [0, 0.05) is 22.5 Å². The van der Waals surface area contributed by atoms with Crippen molar-refractivity contribution in [1.82, 2.24) is 0 Å². The highest BCUT2D eigenvalue weighted by molar-refractivity contribution is 6.31. The molecule has 0 saturated carbocycles. The van der Waals surface area contributed by atoms with E-state index in [1.165, 1.54) is 0 Å². The van der Waals surface area contributed by atoms with E-state index in [0.717, 1.165) is 10.9 Å². The highest BCUT2D eigenvalue weighted by Gasteiger charge is 2.21. The molecule has 0 aliphatic rings. The van der Waals surface area contributed by atoms with Crippen LogP contribution in [0.15, 0.2) is 83.3 Å². The molecule has 1 N–H and O–H groups in total. The normalized spacial score (nSPS) is 10.8. The van der Waals surface area contributed by atoms with Crippen LogP contribution in [0.4, 0.5) is 5.69 Å². The molecule has 0 spiro atoms. The number of fused-ring (bicyclic) bond motifs is 1. The highest BCUT2D eigenvalue weighted by atomic mass is 35.5. The third-order valence-electron chi connectivity index (χ3n) is 4.25. The van der Waals surface area contributed by atoms with E-state index < -0.39 is 0 Å². The first kappa shape index (κ1) is 16.4. The van der Waals surface area contributed by atoms with Gasteiger partial charge in [-0.15, -0.1) is 0 Å². The molecule has 0 bridgehead atoms. The van der Waals surface area contributed by atoms with Crippen molar-refractivity contribution in [3.05, 3.63) is 101 Å². The minimum absolute atomic E-state index is 0.150. The molecule has 0 atom stereocenters. The van der Waals surface area contributed by atoms with Crippen LogP contribution < -0.4 is 5.32 Å². The predicted octanol–water partition coefficient (Wildman–Crippen LogP) is 5.93. The van der Waals surface area contributed by atoms with Crippen molar-refractivity contribution in [1.29, 1.82) is 0 Å². The maximum absolute atomic E-state index is 13.0. The van der Waals surface area contributed by atoms with E-state index in [0.29, 0.717) is 34.2 Å². The topological polar surface area (TPSA) is 42.2 Å². The molecule has 3 aromatic carbocycles. The van der Waals surface area contributed by atoms with Crippen LogP contribution in [0.5, 0.6) is 0 Å². The lowest BCUT2D eigenvalue weighted by atomic mass is 10.1. The second-order valence-electron chi connectivity index (χ2n) is 5.94. The molecule has 1 heterocycles. The number of halogens is 1. The summed E-state index contributed by atoms with van der Waals surface area (Å²) in [5.41, 5.74) is 2.91. The van der Waals surface area contributed by atoms with Gasteiger partial charge in [-0.2, -0.15) is 0 Å². The zero-order chi connectivity index (χ0) is 17.9. The second-order valence-corrected chi connectivity index (χ2v) is 6.35. The number of nitrogens with one attached hydrogen (secondary N) is 1. The first-order valence-electron chi connectivity index (χ1n) is 8.32. The van der Waals surface area contributed by atoms with Gasteiger partial charge in [0.05, 0.1) is 5.69 Å². The summed E-state index contributed by atoms with van der Waals surface area (Å²) in [6.07, 6.45) is 0. The summed E-state index contributed by atoms with van der Waals surface area (Å²) in [5.74, 6) is 0.160. The van der Waals surface area contributed by atoms with Crippen LogP contribution in [0.2, 0.25) is 5.02 Å². The van der Waals surface area contributed by atoms with Crippen LogP contribution in [0, 0.1) is 0 Å². The molecule has 4 rings (SSSR count). The molecule has 3 nitrogen and oxygen atoms in total. The number of para-hydroxylation sites is 1. The minimum Gasteiger partial charge on any atom is -0.450 e. The molecule has 0 saturated heterocycles. The Morgan fingerprint density at radius 3 is 2.38 bits per heavy atom. The van der Waals surface area contributed by atoms with Gasteiger partial charge in [-0.1, -0.05) is 72.3 Å². The Morgan fingerprint density at radius 1 is 0.885 bits per heavy atom. The smallest absolute Gasteiger partial charge is 0.230 e. The van der Waals surface area contributed by atoms with Crippen molar-refractivity contribution >= 4 is 34.0 Å². The van der Waals surface area contributed by atoms with Crippen LogP contribution >= 0.6 is 11.6 Å². The summed E-state index contributed by atoms with van der Waals surface area (Å²) in [6.45, 7) is 0.498. The molecule has 0 aliphatic carbocycles. The van der Waals surface area contributed by atoms with Gasteiger partial charge in [0.25, 0.3) is 0 Å². The standard InChI is InChI=1S/C22H16ClNO2/c23-18-12-6-4-10-16(18)14-24-20-17-11-5-7-13-19(17)26-22(20)21(25)15-8-2-1-3-9-15/h1-13,24H,14H2. The first-order valence-corrected chi connectivity index (χ1v) is 8.70. The number of hydrogen-bond donors (Lipinski definition) is 1. The molecule has 0 fully saturated rings. The molecule has 26 heavy (non-hydrogen) atoms. The van der Waals surface area contributed by atoms with E-state index in [1.54, 1.807) is 12.1 Å². The van der Waals surface area contributed by atoms with E-state index >= 15 is 0 Å². The number of carbonyl (C=O) groups is 1. The van der Waals surface area contributed by atoms with Gasteiger partial charge in [0.15, 0.2) is 5.76 Å². The summed E-state index contributed by atoms with van der Waals surface area (Å²) in [4.78, 5) is 13.0. The molecule has 4 aromatic rings. The number of hydrogen-bond acceptors (Lipinski definition) is 3. The Labute approximate surface area is 156 Å². The van der Waals surface area contributed by atoms with E-state index in [1.807, 2.05) is 66.7 Å². The van der Waals surface area contributed by atoms with Crippen LogP contribution in [-0.4, -0.2) is 5.78 Å². The van der Waals surface area contributed by atoms with Gasteiger partial charge >= 0.3 is 0 Å². The molecular formula is C22H16ClNO2. The second kappa shape index (κ2) is 7.06. The third kappa shape index (κ3) is 3.09. The van der Waals surface area contributed by atoms with Gasteiger partial charge in [-0.05, 0) is 23.8 Å². The number of furan rings is 1. The molecular weight excluding hydrogens is 346 g/mol. The average molecular weight is 362 g/mol. The van der Waals surface area contributed by atoms with E-state index in [-0.39, 0.29) is 5.78 Å². The van der Waals surface area contributed by atoms with Crippen LogP contribution in [0.25, 0.3) is 11.0 Å². The summed E-state index contributed by atoms with van der Waals surface area (Å²) in [6, 6.07) is 24.4. The summed E-state index contributed by atoms with van der Waals surface area (Å²) < 4.78 is 5.89. The zero-order valence-corrected chi connectivity index (χ0v) is 14.7. The van der Waals surface area contributed by atoms with Gasteiger partial charge in [0.2, 0.25) is 5.78 Å². The fraction of sp³-hybridized carbons (Fsp3) is 0.0455. The largest absolute Gasteiger partial charge is 0.450 e. The maximum atomic E-state index is 13.0. The maximum Gasteiger partial charge on any atom is 0.230 e. The quantitative estimate of drug-likeness (QED) is 0.448. The monoisotopic (exact) mass is 361 g/mol. The number of carbonyl (C=O) groups excluding carboxylic acids is 1. The van der Waals surface area contributed by atoms with E-state index in [2.05, 4.69) is 5.32 Å². The number of ketones is 1. The highest BCUT2D eigenvalue weighted by Crippen LogP contribution is 2.33. The van der Waals surface area contributed by atoms with Crippen molar-refractivity contribution in [2.75, 3.05) is 5.32 Å². The fourth-order valence-electron chi connectivity index (χ4n) is 2.93. The van der Waals surface area contributed by atoms with Crippen LogP contribution in [-0.2, 0) is 6.54 Å². The van der Waals surface area contributed by atoms with Crippen molar-refractivity contribution in [2.24, 2.45) is 0 Å². The Bertz CT molecular complexity index is 1070. The summed E-state index contributed by atoms with van der Waals surface area (Å²) in [5, 5.41) is 4.90. The Kier molecular flexibility index (Phi) is 4.46. The third-order valence-corrected chi connectivity index (χ3v) is 4.62. The lowest BCUT2D eigenvalue weighted by Crippen LogP contribution is -2.06. The average Bonchev–Trinajstić information content (AvgIpc) is 3.06. The molecule has 0 amide bonds. The number of benzene rings is 3. The predicted molar refractivity (Wildman–Crippen MR) is 105 cm³/mol. The van der Waals surface area contributed by atoms with Gasteiger partial charge in [-0.3, -0.25) is 4.79 Å². The van der Waals surface area contributed by atoms with E-state index in [9.17, 15) is 4.79 Å². The van der Waals surface area contributed by atoms with Crippen molar-refractivity contribution < 1.29 is 9.21 Å². The molecule has 4 heteroatoms. The molecule has 0 unspecified atom stereocenters. The summed E-state index contributed by atoms with van der Waals surface area (Å²) in [7, 11) is 0. The SMILES string of the molecule is O=C(c1ccccc1)c1oc2ccccc2c1NCc1ccccc1Cl. The van der Waals surface area contributed by atoms with Crippen molar-refractivity contribution in [2.45, 2.75) is 6.54 Å². The van der Waals surface area contributed by atoms with Gasteiger partial charge in [-0.25, -0.2) is 0 Å². The number of anilines is 1. The van der Waals surface area contributed by atoms with E-state index in [4.69, 9.17) is 16.0 Å². The first-order chi connectivity index (χ1) is 12.7. The Balaban J connectivity index is 1.75. The Morgan fingerprint density at radius 2 is 1.58 bits per heavy atom. The molecule has 1 aromatic heterocycles. The van der Waals surface area contributed by atoms with Crippen molar-refractivity contribution in [3.63, 3.8) is 0 Å². The lowest BCUT2D eigenvalue weighted by Gasteiger charge is -2.08.